The average Bonchev–Trinajstić information content (AvgIpc) is 2.42. The minimum Gasteiger partial charge on any atom is -0.492 e. The lowest BCUT2D eigenvalue weighted by atomic mass is 10.1. The van der Waals surface area contributed by atoms with Crippen LogP contribution >= 0.6 is 15.9 Å². The lowest BCUT2D eigenvalue weighted by molar-refractivity contribution is -0.122. The smallest absolute Gasteiger partial charge is 0.223 e. The Balaban J connectivity index is 1.70. The molecule has 5 heteroatoms. The van der Waals surface area contributed by atoms with Crippen molar-refractivity contribution in [3.8, 4) is 5.75 Å². The van der Waals surface area contributed by atoms with Crippen LogP contribution in [0.1, 0.15) is 24.8 Å². The van der Waals surface area contributed by atoms with Gasteiger partial charge in [-0.2, -0.15) is 0 Å². The number of nitrogens with one attached hydrogen (secondary N) is 2. The van der Waals surface area contributed by atoms with Crippen molar-refractivity contribution in [2.45, 2.75) is 32.2 Å². The summed E-state index contributed by atoms with van der Waals surface area (Å²) in [6, 6.07) is 6.24. The summed E-state index contributed by atoms with van der Waals surface area (Å²) in [5.74, 6) is 0.852. The third-order valence-electron chi connectivity index (χ3n) is 3.38. The van der Waals surface area contributed by atoms with Crippen molar-refractivity contribution in [3.05, 3.63) is 28.2 Å². The Morgan fingerprint density at radius 1 is 1.45 bits per heavy atom. The second-order valence-electron chi connectivity index (χ2n) is 5.12. The second kappa shape index (κ2) is 7.64. The summed E-state index contributed by atoms with van der Waals surface area (Å²) in [7, 11) is 0. The van der Waals surface area contributed by atoms with Gasteiger partial charge in [-0.3, -0.25) is 4.79 Å². The lowest BCUT2D eigenvalue weighted by Crippen LogP contribution is -2.43. The molecule has 2 rings (SSSR count). The topological polar surface area (TPSA) is 50.4 Å². The van der Waals surface area contributed by atoms with Crippen molar-refractivity contribution >= 4 is 21.8 Å². The molecule has 1 fully saturated rings. The van der Waals surface area contributed by atoms with Crippen LogP contribution in [0.3, 0.4) is 0 Å². The quantitative estimate of drug-likeness (QED) is 0.865. The van der Waals surface area contributed by atoms with Gasteiger partial charge in [0.1, 0.15) is 5.75 Å². The van der Waals surface area contributed by atoms with Crippen LogP contribution in [0.25, 0.3) is 0 Å². The van der Waals surface area contributed by atoms with Crippen LogP contribution in [0.2, 0.25) is 0 Å². The molecule has 110 valence electrons. The minimum absolute atomic E-state index is 0.0696. The predicted octanol–water partition coefficient (Wildman–Crippen LogP) is 2.39. The summed E-state index contributed by atoms with van der Waals surface area (Å²) in [6.45, 7) is 4.40. The number of benzene rings is 1. The number of hydrogen-bond donors (Lipinski definition) is 2. The van der Waals surface area contributed by atoms with E-state index >= 15 is 0 Å². The van der Waals surface area contributed by atoms with Crippen LogP contribution in [0.4, 0.5) is 0 Å². The molecule has 1 heterocycles. The van der Waals surface area contributed by atoms with E-state index in [0.29, 0.717) is 19.1 Å². The van der Waals surface area contributed by atoms with Crippen LogP contribution in [-0.2, 0) is 4.79 Å². The van der Waals surface area contributed by atoms with Gasteiger partial charge in [-0.15, -0.1) is 0 Å². The number of rotatable bonds is 5. The second-order valence-corrected chi connectivity index (χ2v) is 5.98. The van der Waals surface area contributed by atoms with E-state index in [-0.39, 0.29) is 5.91 Å². The Bertz CT molecular complexity index is 459. The zero-order valence-electron chi connectivity index (χ0n) is 11.7. The maximum atomic E-state index is 11.8. The van der Waals surface area contributed by atoms with Gasteiger partial charge in [0.2, 0.25) is 5.91 Å². The molecule has 0 bridgehead atoms. The SMILES string of the molecule is Cc1ccc(OCCC(=O)NC2CCNCC2)c(Br)c1. The number of hydrogen-bond acceptors (Lipinski definition) is 3. The molecule has 0 aromatic heterocycles. The highest BCUT2D eigenvalue weighted by atomic mass is 79.9. The fourth-order valence-electron chi connectivity index (χ4n) is 2.24. The molecule has 1 aromatic carbocycles. The summed E-state index contributed by atoms with van der Waals surface area (Å²) >= 11 is 3.46. The Kier molecular flexibility index (Phi) is 5.86. The lowest BCUT2D eigenvalue weighted by Gasteiger charge is -2.23. The van der Waals surface area contributed by atoms with E-state index in [9.17, 15) is 4.79 Å². The first-order valence-electron chi connectivity index (χ1n) is 7.04. The molecule has 0 aliphatic carbocycles. The zero-order chi connectivity index (χ0) is 14.4. The molecule has 0 saturated carbocycles. The van der Waals surface area contributed by atoms with Gasteiger partial charge in [0.05, 0.1) is 17.5 Å². The molecule has 1 aromatic rings. The van der Waals surface area contributed by atoms with Crippen LogP contribution in [0, 0.1) is 6.92 Å². The number of ether oxygens (including phenoxy) is 1. The first-order valence-corrected chi connectivity index (χ1v) is 7.83. The average molecular weight is 341 g/mol. The first-order chi connectivity index (χ1) is 9.65. The first kappa shape index (κ1) is 15.3. The van der Waals surface area contributed by atoms with E-state index in [0.717, 1.165) is 36.2 Å². The number of amides is 1. The van der Waals surface area contributed by atoms with Crippen molar-refractivity contribution in [1.82, 2.24) is 10.6 Å². The van der Waals surface area contributed by atoms with E-state index in [4.69, 9.17) is 4.74 Å². The maximum absolute atomic E-state index is 11.8. The number of carbonyl (C=O) groups is 1. The summed E-state index contributed by atoms with van der Waals surface area (Å²) in [4.78, 5) is 11.8. The largest absolute Gasteiger partial charge is 0.492 e. The standard InChI is InChI=1S/C15H21BrN2O2/c1-11-2-3-14(13(16)10-11)20-9-6-15(19)18-12-4-7-17-8-5-12/h2-3,10,12,17H,4-9H2,1H3,(H,18,19). The van der Waals surface area contributed by atoms with Gasteiger partial charge in [-0.25, -0.2) is 0 Å². The third kappa shape index (κ3) is 4.80. The van der Waals surface area contributed by atoms with E-state index in [2.05, 4.69) is 26.6 Å². The van der Waals surface area contributed by atoms with Gasteiger partial charge in [0, 0.05) is 6.04 Å². The molecule has 0 radical (unpaired) electrons. The van der Waals surface area contributed by atoms with Crippen LogP contribution in [0.15, 0.2) is 22.7 Å². The fourth-order valence-corrected chi connectivity index (χ4v) is 2.85. The predicted molar refractivity (Wildman–Crippen MR) is 83.0 cm³/mol. The molecule has 0 atom stereocenters. The fraction of sp³-hybridized carbons (Fsp3) is 0.533. The third-order valence-corrected chi connectivity index (χ3v) is 4.00. The molecule has 1 aliphatic heterocycles. The number of aryl methyl sites for hydroxylation is 1. The van der Waals surface area contributed by atoms with Gasteiger partial charge in [0.25, 0.3) is 0 Å². The summed E-state index contributed by atoms with van der Waals surface area (Å²) in [5, 5.41) is 6.34. The summed E-state index contributed by atoms with van der Waals surface area (Å²) in [6.07, 6.45) is 2.41. The van der Waals surface area contributed by atoms with Gasteiger partial charge in [0.15, 0.2) is 0 Å². The zero-order valence-corrected chi connectivity index (χ0v) is 13.3. The molecule has 20 heavy (non-hydrogen) atoms. The Labute approximate surface area is 128 Å². The van der Waals surface area contributed by atoms with E-state index in [1.807, 2.05) is 25.1 Å². The van der Waals surface area contributed by atoms with Crippen molar-refractivity contribution in [2.24, 2.45) is 0 Å². The van der Waals surface area contributed by atoms with Crippen LogP contribution in [-0.4, -0.2) is 31.6 Å². The molecule has 2 N–H and O–H groups in total. The molecule has 0 unspecified atom stereocenters. The van der Waals surface area contributed by atoms with Gasteiger partial charge in [-0.1, -0.05) is 6.07 Å². The van der Waals surface area contributed by atoms with E-state index < -0.39 is 0 Å². The normalized spacial score (nSPS) is 15.9. The van der Waals surface area contributed by atoms with Gasteiger partial charge >= 0.3 is 0 Å². The molecule has 4 nitrogen and oxygen atoms in total. The molecule has 1 saturated heterocycles. The van der Waals surface area contributed by atoms with Crippen molar-refractivity contribution in [1.29, 1.82) is 0 Å². The molecule has 1 aliphatic rings. The van der Waals surface area contributed by atoms with E-state index in [1.54, 1.807) is 0 Å². The molecular formula is C15H21BrN2O2. The van der Waals surface area contributed by atoms with Crippen molar-refractivity contribution in [3.63, 3.8) is 0 Å². The highest BCUT2D eigenvalue weighted by molar-refractivity contribution is 9.10. The highest BCUT2D eigenvalue weighted by Gasteiger charge is 2.15. The Morgan fingerprint density at radius 2 is 2.20 bits per heavy atom. The van der Waals surface area contributed by atoms with Gasteiger partial charge in [-0.05, 0) is 66.5 Å². The van der Waals surface area contributed by atoms with Crippen molar-refractivity contribution < 1.29 is 9.53 Å². The number of piperidine rings is 1. The van der Waals surface area contributed by atoms with E-state index in [1.165, 1.54) is 5.56 Å². The summed E-state index contributed by atoms with van der Waals surface area (Å²) in [5.41, 5.74) is 1.17. The summed E-state index contributed by atoms with van der Waals surface area (Å²) < 4.78 is 6.56. The van der Waals surface area contributed by atoms with Crippen LogP contribution in [0.5, 0.6) is 5.75 Å². The maximum Gasteiger partial charge on any atom is 0.223 e. The molecular weight excluding hydrogens is 320 g/mol. The monoisotopic (exact) mass is 340 g/mol. The molecule has 0 spiro atoms. The Morgan fingerprint density at radius 3 is 2.90 bits per heavy atom. The minimum atomic E-state index is 0.0696. The number of carbonyl (C=O) groups excluding carboxylic acids is 1. The van der Waals surface area contributed by atoms with Crippen molar-refractivity contribution in [2.75, 3.05) is 19.7 Å². The Hall–Kier alpha value is -1.07. The van der Waals surface area contributed by atoms with Crippen LogP contribution < -0.4 is 15.4 Å². The van der Waals surface area contributed by atoms with Gasteiger partial charge < -0.3 is 15.4 Å². The molecule has 1 amide bonds. The highest BCUT2D eigenvalue weighted by Crippen LogP contribution is 2.25. The number of halogens is 1.